The molecule has 0 heterocycles. The van der Waals surface area contributed by atoms with Crippen LogP contribution in [0.25, 0.3) is 0 Å². The van der Waals surface area contributed by atoms with Crippen molar-refractivity contribution in [3.8, 4) is 0 Å². The van der Waals surface area contributed by atoms with Crippen molar-refractivity contribution in [3.63, 3.8) is 0 Å². The first kappa shape index (κ1) is 13.3. The first-order chi connectivity index (χ1) is 6.01. The Balaban J connectivity index is 4.88. The molecule has 0 bridgehead atoms. The third kappa shape index (κ3) is 2.65. The molecule has 0 aromatic rings. The Labute approximate surface area is 78.3 Å². The van der Waals surface area contributed by atoms with E-state index in [1.807, 2.05) is 0 Å². The van der Waals surface area contributed by atoms with Gasteiger partial charge in [0, 0.05) is 5.92 Å². The van der Waals surface area contributed by atoms with Gasteiger partial charge in [-0.1, -0.05) is 20.8 Å². The lowest BCUT2D eigenvalue weighted by Crippen LogP contribution is -2.46. The van der Waals surface area contributed by atoms with Crippen molar-refractivity contribution in [2.75, 3.05) is 0 Å². The minimum Gasteiger partial charge on any atom is -0.283 e. The Morgan fingerprint density at radius 2 is 1.36 bits per heavy atom. The largest absolute Gasteiger partial charge is 0.456 e. The lowest BCUT2D eigenvalue weighted by Gasteiger charge is -2.25. The van der Waals surface area contributed by atoms with Crippen LogP contribution < -0.4 is 0 Å². The molecule has 84 valence electrons. The molecular formula is C8H11F5O. The fraction of sp³-hybridized carbons (Fsp3) is 0.875. The first-order valence-corrected chi connectivity index (χ1v) is 4.00. The summed E-state index contributed by atoms with van der Waals surface area (Å²) < 4.78 is 61.0. The van der Waals surface area contributed by atoms with Crippen molar-refractivity contribution in [1.29, 1.82) is 0 Å². The maximum absolute atomic E-state index is 12.9. The van der Waals surface area contributed by atoms with Gasteiger partial charge in [0.15, 0.2) is 0 Å². The maximum Gasteiger partial charge on any atom is 0.456 e. The molecule has 0 aliphatic heterocycles. The molecule has 0 fully saturated rings. The molecule has 0 radical (unpaired) electrons. The van der Waals surface area contributed by atoms with Gasteiger partial charge in [-0.05, 0) is 5.92 Å². The average Bonchev–Trinajstić information content (AvgIpc) is 1.99. The molecule has 0 N–H and O–H groups in total. The van der Waals surface area contributed by atoms with Crippen LogP contribution in [0.4, 0.5) is 22.0 Å². The quantitative estimate of drug-likeness (QED) is 0.665. The van der Waals surface area contributed by atoms with Gasteiger partial charge in [0.25, 0.3) is 0 Å². The van der Waals surface area contributed by atoms with Crippen LogP contribution in [-0.4, -0.2) is 17.9 Å². The highest BCUT2D eigenvalue weighted by Crippen LogP contribution is 2.36. The molecule has 0 rings (SSSR count). The van der Waals surface area contributed by atoms with Crippen LogP contribution in [0.3, 0.4) is 0 Å². The summed E-state index contributed by atoms with van der Waals surface area (Å²) in [6.07, 6.45) is -5.48. The number of rotatable bonds is 3. The SMILES string of the molecule is CC(C)[C@@H](C)C(F)(F)C(=O)C(F)(F)F. The second-order valence-electron chi connectivity index (χ2n) is 3.48. The number of halogens is 5. The summed E-state index contributed by atoms with van der Waals surface area (Å²) in [4.78, 5) is 10.4. The number of carbonyl (C=O) groups excluding carboxylic acids is 1. The smallest absolute Gasteiger partial charge is 0.283 e. The van der Waals surface area contributed by atoms with Crippen LogP contribution >= 0.6 is 0 Å². The second-order valence-corrected chi connectivity index (χ2v) is 3.48. The van der Waals surface area contributed by atoms with Gasteiger partial charge in [0.05, 0.1) is 0 Å². The molecule has 1 atom stereocenters. The standard InChI is InChI=1S/C8H11F5O/c1-4(2)5(3)7(9,10)6(14)8(11,12)13/h4-5H,1-3H3/t5-/m1/s1. The summed E-state index contributed by atoms with van der Waals surface area (Å²) in [5, 5.41) is 0. The Bertz CT molecular complexity index is 218. The van der Waals surface area contributed by atoms with Gasteiger partial charge < -0.3 is 0 Å². The van der Waals surface area contributed by atoms with Crippen molar-refractivity contribution in [3.05, 3.63) is 0 Å². The number of alkyl halides is 5. The minimum absolute atomic E-state index is 0.698. The van der Waals surface area contributed by atoms with Crippen molar-refractivity contribution in [1.82, 2.24) is 0 Å². The fourth-order valence-electron chi connectivity index (χ4n) is 0.814. The van der Waals surface area contributed by atoms with Crippen LogP contribution in [0.2, 0.25) is 0 Å². The third-order valence-electron chi connectivity index (χ3n) is 2.13. The van der Waals surface area contributed by atoms with Crippen molar-refractivity contribution < 1.29 is 26.7 Å². The predicted molar refractivity (Wildman–Crippen MR) is 40.0 cm³/mol. The zero-order valence-electron chi connectivity index (χ0n) is 7.95. The highest BCUT2D eigenvalue weighted by atomic mass is 19.4. The van der Waals surface area contributed by atoms with Crippen molar-refractivity contribution in [2.24, 2.45) is 11.8 Å². The van der Waals surface area contributed by atoms with Gasteiger partial charge >= 0.3 is 17.9 Å². The molecule has 0 spiro atoms. The summed E-state index contributed by atoms with van der Waals surface area (Å²) >= 11 is 0. The maximum atomic E-state index is 12.9. The second kappa shape index (κ2) is 3.82. The molecule has 0 amide bonds. The van der Waals surface area contributed by atoms with Gasteiger partial charge in [0.2, 0.25) is 0 Å². The summed E-state index contributed by atoms with van der Waals surface area (Å²) in [5.74, 6) is -9.63. The molecule has 0 saturated carbocycles. The van der Waals surface area contributed by atoms with E-state index in [0.29, 0.717) is 0 Å². The monoisotopic (exact) mass is 218 g/mol. The van der Waals surface area contributed by atoms with Crippen molar-refractivity contribution >= 4 is 5.78 Å². The van der Waals surface area contributed by atoms with Crippen LogP contribution in [-0.2, 0) is 4.79 Å². The zero-order chi connectivity index (χ0) is 11.7. The van der Waals surface area contributed by atoms with Crippen LogP contribution in [0.5, 0.6) is 0 Å². The highest BCUT2D eigenvalue weighted by Gasteiger charge is 2.57. The Morgan fingerprint density at radius 3 is 1.57 bits per heavy atom. The summed E-state index contributed by atoms with van der Waals surface area (Å²) in [7, 11) is 0. The lowest BCUT2D eigenvalue weighted by molar-refractivity contribution is -0.203. The molecule has 0 unspecified atom stereocenters. The Kier molecular flexibility index (Phi) is 3.64. The van der Waals surface area contributed by atoms with E-state index in [2.05, 4.69) is 0 Å². The topological polar surface area (TPSA) is 17.1 Å². The molecule has 0 saturated heterocycles. The highest BCUT2D eigenvalue weighted by molar-refractivity contribution is 5.90. The normalized spacial score (nSPS) is 15.8. The molecule has 0 aromatic carbocycles. The molecule has 1 nitrogen and oxygen atoms in total. The number of hydrogen-bond acceptors (Lipinski definition) is 1. The summed E-state index contributed by atoms with van der Waals surface area (Å²) in [6.45, 7) is 3.60. The van der Waals surface area contributed by atoms with E-state index in [4.69, 9.17) is 0 Å². The Hall–Kier alpha value is -0.680. The van der Waals surface area contributed by atoms with Crippen LogP contribution in [0.15, 0.2) is 0 Å². The molecule has 0 aliphatic rings. The molecular weight excluding hydrogens is 207 g/mol. The molecule has 14 heavy (non-hydrogen) atoms. The zero-order valence-corrected chi connectivity index (χ0v) is 7.95. The fourth-order valence-corrected chi connectivity index (χ4v) is 0.814. The van der Waals surface area contributed by atoms with E-state index in [1.54, 1.807) is 0 Å². The summed E-state index contributed by atoms with van der Waals surface area (Å²) in [5.41, 5.74) is 0. The van der Waals surface area contributed by atoms with Gasteiger partial charge in [-0.15, -0.1) is 0 Å². The van der Waals surface area contributed by atoms with E-state index in [-0.39, 0.29) is 0 Å². The van der Waals surface area contributed by atoms with Crippen LogP contribution in [0, 0.1) is 11.8 Å². The van der Waals surface area contributed by atoms with E-state index in [9.17, 15) is 26.7 Å². The average molecular weight is 218 g/mol. The van der Waals surface area contributed by atoms with E-state index < -0.39 is 29.7 Å². The van der Waals surface area contributed by atoms with E-state index in [1.165, 1.54) is 13.8 Å². The number of carbonyl (C=O) groups is 1. The number of hydrogen-bond donors (Lipinski definition) is 0. The molecule has 6 heteroatoms. The Morgan fingerprint density at radius 1 is 1.00 bits per heavy atom. The third-order valence-corrected chi connectivity index (χ3v) is 2.13. The van der Waals surface area contributed by atoms with E-state index in [0.717, 1.165) is 6.92 Å². The van der Waals surface area contributed by atoms with Gasteiger partial charge in [-0.2, -0.15) is 22.0 Å². The lowest BCUT2D eigenvalue weighted by atomic mass is 9.89. The predicted octanol–water partition coefficient (Wildman–Crippen LogP) is 3.05. The minimum atomic E-state index is -5.48. The van der Waals surface area contributed by atoms with Crippen LogP contribution in [0.1, 0.15) is 20.8 Å². The number of ketones is 1. The number of Topliss-reactive ketones (excluding diaryl/α,β-unsaturated/α-hetero) is 1. The summed E-state index contributed by atoms with van der Waals surface area (Å²) in [6, 6.07) is 0. The van der Waals surface area contributed by atoms with Gasteiger partial charge in [0.1, 0.15) is 0 Å². The first-order valence-electron chi connectivity index (χ1n) is 4.00. The van der Waals surface area contributed by atoms with Gasteiger partial charge in [-0.3, -0.25) is 4.79 Å². The van der Waals surface area contributed by atoms with Crippen molar-refractivity contribution in [2.45, 2.75) is 32.9 Å². The molecule has 0 aliphatic carbocycles. The molecule has 0 aromatic heterocycles. The van der Waals surface area contributed by atoms with E-state index >= 15 is 0 Å². The van der Waals surface area contributed by atoms with Gasteiger partial charge in [-0.25, -0.2) is 0 Å².